The molecule has 0 heterocycles. The van der Waals surface area contributed by atoms with Gasteiger partial charge in [-0.3, -0.25) is 14.4 Å². The molecular weight excluding hydrogens is 258 g/mol. The minimum Gasteiger partial charge on any atom is -0.330 e. The fourth-order valence-electron chi connectivity index (χ4n) is 1.33. The molecule has 1 fully saturated rings. The van der Waals surface area contributed by atoms with E-state index in [0.29, 0.717) is 25.8 Å². The number of carbonyl (C=O) groups is 4. The Morgan fingerprint density at radius 2 is 1.50 bits per heavy atom. The van der Waals surface area contributed by atoms with Crippen molar-refractivity contribution < 1.29 is 19.2 Å². The molecule has 0 bridgehead atoms. The molecule has 0 spiro atoms. The molecule has 5 heteroatoms. The lowest BCUT2D eigenvalue weighted by Crippen LogP contribution is -2.28. The van der Waals surface area contributed by atoms with E-state index in [1.807, 2.05) is 6.92 Å². The van der Waals surface area contributed by atoms with Gasteiger partial charge in [-0.2, -0.15) is 0 Å². The maximum absolute atomic E-state index is 10.4. The van der Waals surface area contributed by atoms with E-state index < -0.39 is 0 Å². The van der Waals surface area contributed by atoms with Crippen LogP contribution in [0.4, 0.5) is 0 Å². The molecule has 0 aliphatic heterocycles. The Bertz CT molecular complexity index is 313. The summed E-state index contributed by atoms with van der Waals surface area (Å²) in [5.41, 5.74) is 5.01. The SMILES string of the molecule is CC(=O)C1CC(=O)C1.CC(=O)CCN.CCCC(C)=O. The summed E-state index contributed by atoms with van der Waals surface area (Å²) < 4.78 is 0. The quantitative estimate of drug-likeness (QED) is 0.832. The molecule has 20 heavy (non-hydrogen) atoms. The van der Waals surface area contributed by atoms with Gasteiger partial charge in [0.25, 0.3) is 0 Å². The van der Waals surface area contributed by atoms with Crippen molar-refractivity contribution >= 4 is 23.1 Å². The highest BCUT2D eigenvalue weighted by atomic mass is 16.1. The van der Waals surface area contributed by atoms with Crippen molar-refractivity contribution in [3.63, 3.8) is 0 Å². The fourth-order valence-corrected chi connectivity index (χ4v) is 1.33. The van der Waals surface area contributed by atoms with E-state index in [-0.39, 0.29) is 29.1 Å². The van der Waals surface area contributed by atoms with Crippen LogP contribution in [0.5, 0.6) is 0 Å². The van der Waals surface area contributed by atoms with Gasteiger partial charge in [-0.15, -0.1) is 0 Å². The van der Waals surface area contributed by atoms with Crippen LogP contribution in [0.15, 0.2) is 0 Å². The van der Waals surface area contributed by atoms with Gasteiger partial charge in [0.1, 0.15) is 23.1 Å². The molecule has 0 aromatic rings. The zero-order valence-electron chi connectivity index (χ0n) is 13.0. The largest absolute Gasteiger partial charge is 0.330 e. The Balaban J connectivity index is 0. The number of hydrogen-bond donors (Lipinski definition) is 1. The van der Waals surface area contributed by atoms with E-state index >= 15 is 0 Å². The van der Waals surface area contributed by atoms with Gasteiger partial charge < -0.3 is 10.5 Å². The number of nitrogens with two attached hydrogens (primary N) is 1. The summed E-state index contributed by atoms with van der Waals surface area (Å²) in [7, 11) is 0. The molecule has 0 atom stereocenters. The molecule has 0 radical (unpaired) electrons. The third kappa shape index (κ3) is 14.7. The molecule has 0 aromatic heterocycles. The number of ketones is 4. The maximum atomic E-state index is 10.4. The zero-order chi connectivity index (χ0) is 16.1. The first kappa shape index (κ1) is 20.9. The highest BCUT2D eigenvalue weighted by Crippen LogP contribution is 2.22. The van der Waals surface area contributed by atoms with Gasteiger partial charge in [-0.05, 0) is 33.7 Å². The van der Waals surface area contributed by atoms with Gasteiger partial charge in [0.2, 0.25) is 0 Å². The van der Waals surface area contributed by atoms with Crippen LogP contribution in [0, 0.1) is 5.92 Å². The van der Waals surface area contributed by atoms with Gasteiger partial charge in [-0.1, -0.05) is 6.92 Å². The molecule has 1 aliphatic carbocycles. The maximum Gasteiger partial charge on any atom is 0.134 e. The Kier molecular flexibility index (Phi) is 13.3. The van der Waals surface area contributed by atoms with Crippen molar-refractivity contribution in [1.82, 2.24) is 0 Å². The Morgan fingerprint density at radius 3 is 1.55 bits per heavy atom. The molecule has 0 saturated heterocycles. The van der Waals surface area contributed by atoms with E-state index in [0.717, 1.165) is 12.8 Å². The van der Waals surface area contributed by atoms with Crippen LogP contribution in [0.3, 0.4) is 0 Å². The minimum absolute atomic E-state index is 0.0718. The van der Waals surface area contributed by atoms with Crippen molar-refractivity contribution in [2.75, 3.05) is 6.54 Å². The van der Waals surface area contributed by atoms with Crippen LogP contribution >= 0.6 is 0 Å². The van der Waals surface area contributed by atoms with Crippen molar-refractivity contribution in [2.24, 2.45) is 11.7 Å². The van der Waals surface area contributed by atoms with Crippen molar-refractivity contribution in [3.8, 4) is 0 Å². The summed E-state index contributed by atoms with van der Waals surface area (Å²) >= 11 is 0. The summed E-state index contributed by atoms with van der Waals surface area (Å²) in [5, 5.41) is 0. The van der Waals surface area contributed by atoms with Crippen LogP contribution in [-0.4, -0.2) is 29.7 Å². The topological polar surface area (TPSA) is 94.3 Å². The summed E-state index contributed by atoms with van der Waals surface area (Å²) in [6, 6.07) is 0. The number of Topliss-reactive ketones (excluding diaryl/α,β-unsaturated/α-hetero) is 4. The van der Waals surface area contributed by atoms with E-state index in [2.05, 4.69) is 0 Å². The smallest absolute Gasteiger partial charge is 0.134 e. The second kappa shape index (κ2) is 12.7. The molecule has 0 unspecified atom stereocenters. The average molecular weight is 285 g/mol. The van der Waals surface area contributed by atoms with Crippen molar-refractivity contribution in [3.05, 3.63) is 0 Å². The van der Waals surface area contributed by atoms with E-state index in [4.69, 9.17) is 5.73 Å². The van der Waals surface area contributed by atoms with Gasteiger partial charge >= 0.3 is 0 Å². The predicted octanol–water partition coefficient (Wildman–Crippen LogP) is 1.85. The van der Waals surface area contributed by atoms with E-state index in [9.17, 15) is 19.2 Å². The van der Waals surface area contributed by atoms with Gasteiger partial charge in [0.05, 0.1) is 0 Å². The van der Waals surface area contributed by atoms with Crippen LogP contribution in [0.1, 0.15) is 59.8 Å². The van der Waals surface area contributed by atoms with Crippen LogP contribution in [-0.2, 0) is 19.2 Å². The second-order valence-corrected chi connectivity index (χ2v) is 4.95. The molecule has 1 saturated carbocycles. The van der Waals surface area contributed by atoms with E-state index in [1.165, 1.54) is 13.8 Å². The van der Waals surface area contributed by atoms with Crippen LogP contribution in [0.2, 0.25) is 0 Å². The molecular formula is C15H27NO4. The first-order chi connectivity index (χ1) is 9.24. The highest BCUT2D eigenvalue weighted by molar-refractivity contribution is 5.96. The molecule has 116 valence electrons. The van der Waals surface area contributed by atoms with Gasteiger partial charge in [0, 0.05) is 31.6 Å². The Morgan fingerprint density at radius 1 is 1.05 bits per heavy atom. The number of hydrogen-bond acceptors (Lipinski definition) is 5. The molecule has 1 rings (SSSR count). The van der Waals surface area contributed by atoms with Gasteiger partial charge in [-0.25, -0.2) is 0 Å². The third-order valence-corrected chi connectivity index (χ3v) is 2.62. The van der Waals surface area contributed by atoms with E-state index in [1.54, 1.807) is 6.92 Å². The Hall–Kier alpha value is -1.36. The van der Waals surface area contributed by atoms with Crippen LogP contribution in [0.25, 0.3) is 0 Å². The molecule has 0 amide bonds. The summed E-state index contributed by atoms with van der Waals surface area (Å²) in [4.78, 5) is 40.7. The lowest BCUT2D eigenvalue weighted by atomic mass is 9.81. The molecule has 1 aliphatic rings. The molecule has 0 aromatic carbocycles. The van der Waals surface area contributed by atoms with Crippen molar-refractivity contribution in [2.45, 2.75) is 59.8 Å². The Labute approximate surface area is 121 Å². The second-order valence-electron chi connectivity index (χ2n) is 4.95. The average Bonchev–Trinajstić information content (AvgIpc) is 2.25. The zero-order valence-corrected chi connectivity index (χ0v) is 13.0. The minimum atomic E-state index is 0.0718. The summed E-state index contributed by atoms with van der Waals surface area (Å²) in [6.45, 7) is 7.17. The predicted molar refractivity (Wildman–Crippen MR) is 78.4 cm³/mol. The van der Waals surface area contributed by atoms with Crippen molar-refractivity contribution in [1.29, 1.82) is 0 Å². The van der Waals surface area contributed by atoms with Gasteiger partial charge in [0.15, 0.2) is 0 Å². The summed E-state index contributed by atoms with van der Waals surface area (Å²) in [5.74, 6) is 0.910. The lowest BCUT2D eigenvalue weighted by Gasteiger charge is -2.20. The first-order valence-electron chi connectivity index (χ1n) is 6.95. The number of carbonyl (C=O) groups excluding carboxylic acids is 4. The summed E-state index contributed by atoms with van der Waals surface area (Å²) in [6.07, 6.45) is 3.22. The fraction of sp³-hybridized carbons (Fsp3) is 0.733. The number of rotatable bonds is 5. The highest BCUT2D eigenvalue weighted by Gasteiger charge is 2.29. The molecule has 5 nitrogen and oxygen atoms in total. The first-order valence-corrected chi connectivity index (χ1v) is 6.95. The lowest BCUT2D eigenvalue weighted by molar-refractivity contribution is -0.135. The standard InChI is InChI=1S/C6H8O2.C5H10O.C4H9NO/c1-4(7)5-2-6(8)3-5;1-3-4-5(2)6;1-4(6)2-3-5/h5H,2-3H2,1H3;3-4H2,1-2H3;2-3,5H2,1H3. The third-order valence-electron chi connectivity index (χ3n) is 2.62. The monoisotopic (exact) mass is 285 g/mol. The molecule has 2 N–H and O–H groups in total. The normalized spacial score (nSPS) is 13.2. The van der Waals surface area contributed by atoms with Crippen LogP contribution < -0.4 is 5.73 Å².